The summed E-state index contributed by atoms with van der Waals surface area (Å²) in [6, 6.07) is 18.0. The molecular formula is C29H27Cl2N5O2. The predicted molar refractivity (Wildman–Crippen MR) is 153 cm³/mol. The second kappa shape index (κ2) is 11.4. The number of fused-ring (bicyclic) bond motifs is 1. The van der Waals surface area contributed by atoms with Gasteiger partial charge >= 0.3 is 0 Å². The molecule has 0 atom stereocenters. The zero-order valence-electron chi connectivity index (χ0n) is 20.9. The number of anilines is 2. The molecular weight excluding hydrogens is 521 g/mol. The van der Waals surface area contributed by atoms with E-state index >= 15 is 0 Å². The summed E-state index contributed by atoms with van der Waals surface area (Å²) in [6.45, 7) is 0.347. The van der Waals surface area contributed by atoms with Gasteiger partial charge in [0, 0.05) is 41.2 Å². The number of halogens is 2. The van der Waals surface area contributed by atoms with Gasteiger partial charge in [0.1, 0.15) is 5.82 Å². The maximum atomic E-state index is 13.2. The molecule has 1 aliphatic carbocycles. The summed E-state index contributed by atoms with van der Waals surface area (Å²) in [7, 11) is 1.80. The van der Waals surface area contributed by atoms with Crippen molar-refractivity contribution >= 4 is 57.4 Å². The van der Waals surface area contributed by atoms with Gasteiger partial charge in [-0.05, 0) is 73.0 Å². The van der Waals surface area contributed by atoms with Crippen molar-refractivity contribution in [1.82, 2.24) is 15.3 Å². The highest BCUT2D eigenvalue weighted by atomic mass is 35.5. The van der Waals surface area contributed by atoms with E-state index in [0.29, 0.717) is 45.0 Å². The minimum Gasteiger partial charge on any atom is -0.373 e. The van der Waals surface area contributed by atoms with Crippen molar-refractivity contribution in [2.24, 2.45) is 5.92 Å². The first-order valence-electron chi connectivity index (χ1n) is 12.5. The van der Waals surface area contributed by atoms with Gasteiger partial charge in [0.2, 0.25) is 5.91 Å². The molecule has 5 rings (SSSR count). The fourth-order valence-electron chi connectivity index (χ4n) is 4.70. The monoisotopic (exact) mass is 547 g/mol. The van der Waals surface area contributed by atoms with Crippen LogP contribution in [0.25, 0.3) is 22.3 Å². The van der Waals surface area contributed by atoms with Crippen LogP contribution in [0.4, 0.5) is 11.5 Å². The lowest BCUT2D eigenvalue weighted by Crippen LogP contribution is -2.28. The molecule has 3 N–H and O–H groups in total. The minimum atomic E-state index is -0.348. The van der Waals surface area contributed by atoms with Crippen LogP contribution in [0.1, 0.15) is 41.6 Å². The number of hydrogen-bond acceptors (Lipinski definition) is 5. The van der Waals surface area contributed by atoms with E-state index in [-0.39, 0.29) is 17.7 Å². The maximum Gasteiger partial charge on any atom is 0.257 e. The molecule has 0 bridgehead atoms. The van der Waals surface area contributed by atoms with Crippen molar-refractivity contribution in [3.8, 4) is 11.4 Å². The van der Waals surface area contributed by atoms with Crippen molar-refractivity contribution in [1.29, 1.82) is 0 Å². The van der Waals surface area contributed by atoms with Crippen LogP contribution < -0.4 is 16.0 Å². The quantitative estimate of drug-likeness (QED) is 0.239. The summed E-state index contributed by atoms with van der Waals surface area (Å²) >= 11 is 12.4. The molecule has 0 unspecified atom stereocenters. The molecule has 1 aromatic heterocycles. The third-order valence-electron chi connectivity index (χ3n) is 6.76. The van der Waals surface area contributed by atoms with E-state index < -0.39 is 0 Å². The van der Waals surface area contributed by atoms with E-state index in [1.54, 1.807) is 43.4 Å². The second-order valence-corrected chi connectivity index (χ2v) is 10.2. The largest absolute Gasteiger partial charge is 0.373 e. The van der Waals surface area contributed by atoms with Crippen LogP contribution in [0.15, 0.2) is 60.7 Å². The second-order valence-electron chi connectivity index (χ2n) is 9.35. The zero-order chi connectivity index (χ0) is 26.6. The van der Waals surface area contributed by atoms with Crippen LogP contribution in [0.5, 0.6) is 0 Å². The Morgan fingerprint density at radius 1 is 0.947 bits per heavy atom. The van der Waals surface area contributed by atoms with E-state index in [1.165, 1.54) is 0 Å². The van der Waals surface area contributed by atoms with Crippen LogP contribution in [0.2, 0.25) is 10.0 Å². The normalized spacial score (nSPS) is 13.4. The highest BCUT2D eigenvalue weighted by molar-refractivity contribution is 6.34. The van der Waals surface area contributed by atoms with Crippen molar-refractivity contribution in [3.05, 3.63) is 81.8 Å². The third-order valence-corrected chi connectivity index (χ3v) is 7.34. The van der Waals surface area contributed by atoms with Crippen LogP contribution >= 0.6 is 23.2 Å². The number of benzene rings is 3. The van der Waals surface area contributed by atoms with Crippen molar-refractivity contribution < 1.29 is 9.59 Å². The summed E-state index contributed by atoms with van der Waals surface area (Å²) in [6.07, 6.45) is 4.08. The van der Waals surface area contributed by atoms with Crippen molar-refractivity contribution in [2.45, 2.75) is 32.2 Å². The molecule has 1 aliphatic rings. The van der Waals surface area contributed by atoms with Crippen LogP contribution in [0, 0.1) is 5.92 Å². The number of rotatable bonds is 7. The van der Waals surface area contributed by atoms with Gasteiger partial charge in [-0.25, -0.2) is 9.97 Å². The SMILES string of the molecule is CNc1nc(-c2ccc(Cl)cc2)nc2cc(NC(=O)c3cc(CNC(=O)C4CCCC4)ccc3Cl)ccc12. The van der Waals surface area contributed by atoms with Crippen molar-refractivity contribution in [2.75, 3.05) is 17.7 Å². The molecule has 3 aromatic carbocycles. The standard InChI is InChI=1S/C29H27Cl2N5O2/c1-32-27-22-12-11-21(15-25(22)35-26(36-27)18-7-9-20(30)10-8-18)34-29(38)23-14-17(6-13-24(23)31)16-33-28(37)19-4-2-3-5-19/h6-15,19H,2-5,16H2,1H3,(H,33,37)(H,34,38)(H,32,35,36). The van der Waals surface area contributed by atoms with E-state index in [2.05, 4.69) is 20.9 Å². The van der Waals surface area contributed by atoms with Crippen LogP contribution in [-0.4, -0.2) is 28.8 Å². The van der Waals surface area contributed by atoms with Crippen LogP contribution in [-0.2, 0) is 11.3 Å². The molecule has 1 saturated carbocycles. The summed E-state index contributed by atoms with van der Waals surface area (Å²) in [5, 5.41) is 10.8. The number of nitrogens with zero attached hydrogens (tertiary/aromatic N) is 2. The van der Waals surface area contributed by atoms with Crippen LogP contribution in [0.3, 0.4) is 0 Å². The Labute approximate surface area is 231 Å². The number of aromatic nitrogens is 2. The molecule has 0 radical (unpaired) electrons. The zero-order valence-corrected chi connectivity index (χ0v) is 22.4. The maximum absolute atomic E-state index is 13.2. The fourth-order valence-corrected chi connectivity index (χ4v) is 5.03. The number of hydrogen-bond donors (Lipinski definition) is 3. The Kier molecular flexibility index (Phi) is 7.77. The first kappa shape index (κ1) is 25.9. The Morgan fingerprint density at radius 3 is 2.45 bits per heavy atom. The van der Waals surface area contributed by atoms with Gasteiger partial charge in [-0.2, -0.15) is 0 Å². The average Bonchev–Trinajstić information content (AvgIpc) is 3.47. The summed E-state index contributed by atoms with van der Waals surface area (Å²) in [5.41, 5.74) is 3.21. The van der Waals surface area contributed by atoms with Gasteiger partial charge in [-0.3, -0.25) is 9.59 Å². The third kappa shape index (κ3) is 5.74. The molecule has 0 saturated heterocycles. The topological polar surface area (TPSA) is 96.0 Å². The molecule has 1 heterocycles. The van der Waals surface area contributed by atoms with E-state index in [9.17, 15) is 9.59 Å². The molecule has 1 fully saturated rings. The average molecular weight is 548 g/mol. The van der Waals surface area contributed by atoms with Gasteiger partial charge in [0.25, 0.3) is 5.91 Å². The smallest absolute Gasteiger partial charge is 0.257 e. The summed E-state index contributed by atoms with van der Waals surface area (Å²) in [5.74, 6) is 1.02. The van der Waals surface area contributed by atoms with Gasteiger partial charge in [0.15, 0.2) is 5.82 Å². The molecule has 194 valence electrons. The van der Waals surface area contributed by atoms with Gasteiger partial charge in [-0.15, -0.1) is 0 Å². The number of carbonyl (C=O) groups is 2. The molecule has 4 aromatic rings. The predicted octanol–water partition coefficient (Wildman–Crippen LogP) is 6.70. The lowest BCUT2D eigenvalue weighted by molar-refractivity contribution is -0.124. The van der Waals surface area contributed by atoms with Gasteiger partial charge in [0.05, 0.1) is 16.1 Å². The Balaban J connectivity index is 1.36. The Bertz CT molecular complexity index is 1500. The molecule has 9 heteroatoms. The first-order valence-corrected chi connectivity index (χ1v) is 13.3. The summed E-state index contributed by atoms with van der Waals surface area (Å²) < 4.78 is 0. The van der Waals surface area contributed by atoms with Crippen molar-refractivity contribution in [3.63, 3.8) is 0 Å². The molecule has 0 spiro atoms. The number of carbonyl (C=O) groups excluding carboxylic acids is 2. The highest BCUT2D eigenvalue weighted by Gasteiger charge is 2.22. The highest BCUT2D eigenvalue weighted by Crippen LogP contribution is 2.29. The van der Waals surface area contributed by atoms with E-state index in [1.807, 2.05) is 24.3 Å². The molecule has 0 aliphatic heterocycles. The molecule has 2 amide bonds. The lowest BCUT2D eigenvalue weighted by Gasteiger charge is -2.13. The first-order chi connectivity index (χ1) is 18.4. The van der Waals surface area contributed by atoms with E-state index in [4.69, 9.17) is 28.2 Å². The number of nitrogens with one attached hydrogen (secondary N) is 3. The Hall–Kier alpha value is -3.68. The minimum absolute atomic E-state index is 0.0699. The van der Waals surface area contributed by atoms with Gasteiger partial charge < -0.3 is 16.0 Å². The Morgan fingerprint density at radius 2 is 1.71 bits per heavy atom. The number of amides is 2. The van der Waals surface area contributed by atoms with Gasteiger partial charge in [-0.1, -0.05) is 42.1 Å². The summed E-state index contributed by atoms with van der Waals surface area (Å²) in [4.78, 5) is 34.9. The fraction of sp³-hybridized carbons (Fsp3) is 0.241. The molecule has 38 heavy (non-hydrogen) atoms. The van der Waals surface area contributed by atoms with E-state index in [0.717, 1.165) is 42.2 Å². The lowest BCUT2D eigenvalue weighted by atomic mass is 10.1. The molecule has 7 nitrogen and oxygen atoms in total.